The number of urea groups is 1. The van der Waals surface area contributed by atoms with Crippen molar-refractivity contribution in [2.75, 3.05) is 12.0 Å². The molecule has 3 aromatic carbocycles. The van der Waals surface area contributed by atoms with Gasteiger partial charge in [0.2, 0.25) is 0 Å². The van der Waals surface area contributed by atoms with Gasteiger partial charge in [-0.25, -0.2) is 9.69 Å². The van der Waals surface area contributed by atoms with E-state index in [-0.39, 0.29) is 12.2 Å². The monoisotopic (exact) mass is 588 g/mol. The van der Waals surface area contributed by atoms with E-state index in [1.807, 2.05) is 13.0 Å². The van der Waals surface area contributed by atoms with Crippen molar-refractivity contribution in [3.8, 4) is 11.5 Å². The Hall–Kier alpha value is -3.33. The lowest BCUT2D eigenvalue weighted by molar-refractivity contribution is -0.122. The van der Waals surface area contributed by atoms with Gasteiger partial charge in [0, 0.05) is 0 Å². The van der Waals surface area contributed by atoms with Crippen LogP contribution in [-0.2, 0) is 16.2 Å². The van der Waals surface area contributed by atoms with Crippen LogP contribution >= 0.6 is 39.1 Å². The van der Waals surface area contributed by atoms with E-state index in [0.717, 1.165) is 16.0 Å². The molecule has 1 aliphatic rings. The number of imide groups is 2. The Labute approximate surface area is 225 Å². The second-order valence-electron chi connectivity index (χ2n) is 7.87. The maximum absolute atomic E-state index is 13.2. The lowest BCUT2D eigenvalue weighted by Gasteiger charge is -2.26. The van der Waals surface area contributed by atoms with Crippen LogP contribution in [0.1, 0.15) is 16.7 Å². The third kappa shape index (κ3) is 5.41. The highest BCUT2D eigenvalue weighted by Gasteiger charge is 2.36. The summed E-state index contributed by atoms with van der Waals surface area (Å²) in [7, 11) is 1.47. The van der Waals surface area contributed by atoms with E-state index in [9.17, 15) is 14.4 Å². The number of carbonyl (C=O) groups is 3. The first kappa shape index (κ1) is 25.8. The van der Waals surface area contributed by atoms with Gasteiger partial charge in [0.25, 0.3) is 11.8 Å². The minimum absolute atomic E-state index is 0.195. The molecular weight excluding hydrogens is 571 g/mol. The molecule has 3 aromatic rings. The standard InChI is InChI=1S/C26H19BrCl2N2O5/c1-14-4-3-5-17(8-14)31-25(33)18(24(32)30-26(31)34)9-16-10-19(27)23(22(12-16)35-2)36-13-15-6-7-20(28)21(29)11-15/h3-12H,13H2,1-2H3,(H,30,32,34)/b18-9+. The molecule has 0 unspecified atom stereocenters. The Morgan fingerprint density at radius 1 is 1.03 bits per heavy atom. The molecule has 4 rings (SSSR count). The van der Waals surface area contributed by atoms with E-state index in [1.165, 1.54) is 13.2 Å². The normalized spacial score (nSPS) is 14.8. The first-order valence-electron chi connectivity index (χ1n) is 10.6. The zero-order chi connectivity index (χ0) is 26.0. The summed E-state index contributed by atoms with van der Waals surface area (Å²) in [5.74, 6) is -0.735. The number of aryl methyl sites for hydroxylation is 1. The summed E-state index contributed by atoms with van der Waals surface area (Å²) >= 11 is 15.5. The highest BCUT2D eigenvalue weighted by atomic mass is 79.9. The second kappa shape index (κ2) is 10.7. The molecule has 0 saturated carbocycles. The molecule has 0 aliphatic carbocycles. The van der Waals surface area contributed by atoms with Crippen molar-refractivity contribution in [3.05, 3.63) is 91.4 Å². The lowest BCUT2D eigenvalue weighted by Crippen LogP contribution is -2.54. The van der Waals surface area contributed by atoms with Crippen molar-refractivity contribution in [1.29, 1.82) is 0 Å². The molecule has 0 aromatic heterocycles. The number of halogens is 3. The van der Waals surface area contributed by atoms with Crippen LogP contribution in [0, 0.1) is 6.92 Å². The largest absolute Gasteiger partial charge is 0.493 e. The zero-order valence-corrected chi connectivity index (χ0v) is 22.2. The number of amides is 4. The Kier molecular flexibility index (Phi) is 7.68. The van der Waals surface area contributed by atoms with Gasteiger partial charge in [0.15, 0.2) is 11.5 Å². The number of carbonyl (C=O) groups excluding carboxylic acids is 3. The van der Waals surface area contributed by atoms with Gasteiger partial charge in [-0.1, -0.05) is 41.4 Å². The molecule has 1 saturated heterocycles. The summed E-state index contributed by atoms with van der Waals surface area (Å²) in [6.07, 6.45) is 1.39. The van der Waals surface area contributed by atoms with E-state index < -0.39 is 17.8 Å². The summed E-state index contributed by atoms with van der Waals surface area (Å²) < 4.78 is 11.9. The maximum Gasteiger partial charge on any atom is 0.335 e. The van der Waals surface area contributed by atoms with Gasteiger partial charge >= 0.3 is 6.03 Å². The quantitative estimate of drug-likeness (QED) is 0.269. The molecule has 4 amide bonds. The fourth-order valence-corrected chi connectivity index (χ4v) is 4.47. The average Bonchev–Trinajstić information content (AvgIpc) is 2.83. The summed E-state index contributed by atoms with van der Waals surface area (Å²) in [5, 5.41) is 3.08. The van der Waals surface area contributed by atoms with Crippen molar-refractivity contribution < 1.29 is 23.9 Å². The van der Waals surface area contributed by atoms with Gasteiger partial charge in [-0.2, -0.15) is 0 Å². The lowest BCUT2D eigenvalue weighted by atomic mass is 10.1. The predicted octanol–water partition coefficient (Wildman–Crippen LogP) is 6.32. The highest BCUT2D eigenvalue weighted by Crippen LogP contribution is 2.38. The molecule has 1 heterocycles. The molecule has 0 radical (unpaired) electrons. The number of barbiturate groups is 1. The average molecular weight is 590 g/mol. The Balaban J connectivity index is 1.64. The van der Waals surface area contributed by atoms with Gasteiger partial charge in [-0.05, 0) is 82.0 Å². The molecule has 1 aliphatic heterocycles. The molecule has 36 heavy (non-hydrogen) atoms. The molecule has 1 N–H and O–H groups in total. The van der Waals surface area contributed by atoms with Crippen LogP contribution < -0.4 is 19.7 Å². The second-order valence-corrected chi connectivity index (χ2v) is 9.54. The maximum atomic E-state index is 13.2. The number of hydrogen-bond donors (Lipinski definition) is 1. The van der Waals surface area contributed by atoms with Gasteiger partial charge < -0.3 is 9.47 Å². The smallest absolute Gasteiger partial charge is 0.335 e. The summed E-state index contributed by atoms with van der Waals surface area (Å²) in [5.41, 5.74) is 2.31. The van der Waals surface area contributed by atoms with Crippen molar-refractivity contribution in [1.82, 2.24) is 5.32 Å². The van der Waals surface area contributed by atoms with Crippen LogP contribution in [0.5, 0.6) is 11.5 Å². The number of ether oxygens (including phenoxy) is 2. The molecule has 0 bridgehead atoms. The topological polar surface area (TPSA) is 84.9 Å². The molecule has 7 nitrogen and oxygen atoms in total. The van der Waals surface area contributed by atoms with Crippen molar-refractivity contribution in [2.45, 2.75) is 13.5 Å². The minimum Gasteiger partial charge on any atom is -0.493 e. The molecular formula is C26H19BrCl2N2O5. The van der Waals surface area contributed by atoms with E-state index >= 15 is 0 Å². The SMILES string of the molecule is COc1cc(/C=C2\C(=O)NC(=O)N(c3cccc(C)c3)C2=O)cc(Br)c1OCc1ccc(Cl)c(Cl)c1. The first-order valence-corrected chi connectivity index (χ1v) is 12.1. The van der Waals surface area contributed by atoms with Crippen LogP contribution in [0.25, 0.3) is 6.08 Å². The third-order valence-electron chi connectivity index (χ3n) is 5.29. The van der Waals surface area contributed by atoms with Gasteiger partial charge in [-0.15, -0.1) is 0 Å². The molecule has 0 atom stereocenters. The molecule has 10 heteroatoms. The van der Waals surface area contributed by atoms with E-state index in [4.69, 9.17) is 32.7 Å². The number of methoxy groups -OCH3 is 1. The van der Waals surface area contributed by atoms with E-state index in [1.54, 1.807) is 48.5 Å². The van der Waals surface area contributed by atoms with Crippen LogP contribution in [0.4, 0.5) is 10.5 Å². The zero-order valence-electron chi connectivity index (χ0n) is 19.1. The van der Waals surface area contributed by atoms with Crippen LogP contribution in [0.2, 0.25) is 10.0 Å². The molecule has 184 valence electrons. The van der Waals surface area contributed by atoms with Crippen molar-refractivity contribution >= 4 is 68.7 Å². The van der Waals surface area contributed by atoms with Gasteiger partial charge in [-0.3, -0.25) is 14.9 Å². The number of benzene rings is 3. The number of rotatable bonds is 6. The van der Waals surface area contributed by atoms with Crippen LogP contribution in [-0.4, -0.2) is 25.0 Å². The van der Waals surface area contributed by atoms with Crippen molar-refractivity contribution in [3.63, 3.8) is 0 Å². The first-order chi connectivity index (χ1) is 17.2. The predicted molar refractivity (Wildman–Crippen MR) is 142 cm³/mol. The van der Waals surface area contributed by atoms with Gasteiger partial charge in [0.1, 0.15) is 12.2 Å². The Morgan fingerprint density at radius 3 is 2.50 bits per heavy atom. The Morgan fingerprint density at radius 2 is 1.81 bits per heavy atom. The summed E-state index contributed by atoms with van der Waals surface area (Å²) in [6, 6.07) is 14.5. The van der Waals surface area contributed by atoms with E-state index in [2.05, 4.69) is 21.2 Å². The number of nitrogens with one attached hydrogen (secondary N) is 1. The number of anilines is 1. The Bertz CT molecular complexity index is 1420. The number of nitrogens with zero attached hydrogens (tertiary/aromatic N) is 1. The summed E-state index contributed by atoms with van der Waals surface area (Å²) in [4.78, 5) is 39.1. The fraction of sp³-hybridized carbons (Fsp3) is 0.115. The van der Waals surface area contributed by atoms with Gasteiger partial charge in [0.05, 0.1) is 27.3 Å². The van der Waals surface area contributed by atoms with E-state index in [0.29, 0.717) is 37.3 Å². The molecule has 0 spiro atoms. The number of hydrogen-bond acceptors (Lipinski definition) is 5. The van der Waals surface area contributed by atoms with Crippen molar-refractivity contribution in [2.24, 2.45) is 0 Å². The third-order valence-corrected chi connectivity index (χ3v) is 6.62. The molecule has 1 fully saturated rings. The summed E-state index contributed by atoms with van der Waals surface area (Å²) in [6.45, 7) is 2.04. The highest BCUT2D eigenvalue weighted by molar-refractivity contribution is 9.10. The fourth-order valence-electron chi connectivity index (χ4n) is 3.57. The van der Waals surface area contributed by atoms with Crippen LogP contribution in [0.15, 0.2) is 64.6 Å². The minimum atomic E-state index is -0.808. The van der Waals surface area contributed by atoms with Crippen LogP contribution in [0.3, 0.4) is 0 Å².